The van der Waals surface area contributed by atoms with Gasteiger partial charge in [-0.1, -0.05) is 6.08 Å². The summed E-state index contributed by atoms with van der Waals surface area (Å²) in [7, 11) is 1.65. The SMILES string of the molecule is C=CCN1C2=NC3C(C(=O)NC(=O)N3C)N2C(C)=C1C. The lowest BCUT2D eigenvalue weighted by molar-refractivity contribution is -0.126. The van der Waals surface area contributed by atoms with E-state index in [1.54, 1.807) is 13.1 Å². The molecule has 2 unspecified atom stereocenters. The molecule has 7 nitrogen and oxygen atoms in total. The van der Waals surface area contributed by atoms with Crippen LogP contribution in [0.3, 0.4) is 0 Å². The molecule has 3 aliphatic heterocycles. The van der Waals surface area contributed by atoms with Crippen LogP contribution in [0.1, 0.15) is 13.8 Å². The normalized spacial score (nSPS) is 28.6. The summed E-state index contributed by atoms with van der Waals surface area (Å²) in [6.45, 7) is 8.32. The van der Waals surface area contributed by atoms with Crippen LogP contribution in [0, 0.1) is 0 Å². The van der Waals surface area contributed by atoms with Gasteiger partial charge in [0.1, 0.15) is 0 Å². The average Bonchev–Trinajstić information content (AvgIpc) is 2.89. The summed E-state index contributed by atoms with van der Waals surface area (Å²) in [5.74, 6) is 0.413. The number of carbonyl (C=O) groups is 2. The number of nitrogens with one attached hydrogen (secondary N) is 1. The van der Waals surface area contributed by atoms with Crippen LogP contribution in [0.4, 0.5) is 4.79 Å². The van der Waals surface area contributed by atoms with Crippen LogP contribution in [-0.2, 0) is 4.79 Å². The fourth-order valence-electron chi connectivity index (χ4n) is 2.87. The Balaban J connectivity index is 2.04. The zero-order valence-corrected chi connectivity index (χ0v) is 11.8. The molecule has 0 radical (unpaired) electrons. The Labute approximate surface area is 117 Å². The number of carbonyl (C=O) groups excluding carboxylic acids is 2. The van der Waals surface area contributed by atoms with Crippen molar-refractivity contribution in [3.05, 3.63) is 24.0 Å². The van der Waals surface area contributed by atoms with Crippen molar-refractivity contribution in [1.82, 2.24) is 20.0 Å². The van der Waals surface area contributed by atoms with Gasteiger partial charge >= 0.3 is 6.03 Å². The van der Waals surface area contributed by atoms with E-state index in [1.165, 1.54) is 4.90 Å². The van der Waals surface area contributed by atoms with Crippen molar-refractivity contribution in [3.8, 4) is 0 Å². The zero-order chi connectivity index (χ0) is 14.6. The number of guanidine groups is 1. The van der Waals surface area contributed by atoms with E-state index >= 15 is 0 Å². The van der Waals surface area contributed by atoms with Gasteiger partial charge in [-0.3, -0.25) is 15.0 Å². The number of aliphatic imine (C=N–C) groups is 1. The molecule has 0 aromatic carbocycles. The third-order valence-corrected chi connectivity index (χ3v) is 4.08. The summed E-state index contributed by atoms with van der Waals surface area (Å²) in [4.78, 5) is 33.8. The van der Waals surface area contributed by atoms with Crippen molar-refractivity contribution >= 4 is 17.9 Å². The third kappa shape index (κ3) is 1.43. The van der Waals surface area contributed by atoms with Crippen molar-refractivity contribution in [1.29, 1.82) is 0 Å². The summed E-state index contributed by atoms with van der Waals surface area (Å²) in [6.07, 6.45) is 1.32. The first kappa shape index (κ1) is 12.7. The van der Waals surface area contributed by atoms with Gasteiger partial charge in [0, 0.05) is 25.0 Å². The molecular formula is C13H17N5O2. The first-order valence-corrected chi connectivity index (χ1v) is 6.48. The van der Waals surface area contributed by atoms with Gasteiger partial charge < -0.3 is 9.80 Å². The highest BCUT2D eigenvalue weighted by molar-refractivity contribution is 6.05. The van der Waals surface area contributed by atoms with Gasteiger partial charge in [0.2, 0.25) is 5.96 Å². The summed E-state index contributed by atoms with van der Waals surface area (Å²) >= 11 is 0. The fraction of sp³-hybridized carbons (Fsp3) is 0.462. The predicted octanol–water partition coefficient (Wildman–Crippen LogP) is 0.287. The first-order valence-electron chi connectivity index (χ1n) is 6.48. The number of urea groups is 1. The van der Waals surface area contributed by atoms with E-state index in [9.17, 15) is 9.59 Å². The first-order chi connectivity index (χ1) is 9.47. The molecule has 0 bridgehead atoms. The molecule has 3 amide bonds. The van der Waals surface area contributed by atoms with Crippen LogP contribution in [0.25, 0.3) is 0 Å². The minimum Gasteiger partial charge on any atom is -0.311 e. The number of fused-ring (bicyclic) bond motifs is 3. The zero-order valence-electron chi connectivity index (χ0n) is 11.8. The molecule has 1 fully saturated rings. The maximum Gasteiger partial charge on any atom is 0.325 e. The monoisotopic (exact) mass is 275 g/mol. The maximum absolute atomic E-state index is 12.2. The van der Waals surface area contributed by atoms with Crippen LogP contribution in [0.5, 0.6) is 0 Å². The summed E-state index contributed by atoms with van der Waals surface area (Å²) in [6, 6.07) is -0.895. The van der Waals surface area contributed by atoms with Crippen LogP contribution in [0.15, 0.2) is 29.0 Å². The topological polar surface area (TPSA) is 68.2 Å². The quantitative estimate of drug-likeness (QED) is 0.735. The smallest absolute Gasteiger partial charge is 0.311 e. The summed E-state index contributed by atoms with van der Waals surface area (Å²) < 4.78 is 0. The lowest BCUT2D eigenvalue weighted by Crippen LogP contribution is -2.63. The van der Waals surface area contributed by atoms with E-state index in [2.05, 4.69) is 16.9 Å². The van der Waals surface area contributed by atoms with E-state index in [1.807, 2.05) is 23.6 Å². The number of imide groups is 1. The maximum atomic E-state index is 12.2. The molecule has 3 rings (SSSR count). The standard InChI is InChI=1S/C13H17N5O2/c1-5-6-17-7(2)8(3)18-9-10(14-12(17)18)16(4)13(20)15-11(9)19/h5,9-10H,1,6H2,2-4H3,(H,15,19,20). The minimum atomic E-state index is -0.488. The number of hydrogen-bond donors (Lipinski definition) is 1. The van der Waals surface area contributed by atoms with E-state index in [-0.39, 0.29) is 5.91 Å². The Morgan fingerprint density at radius 1 is 1.35 bits per heavy atom. The van der Waals surface area contributed by atoms with Crippen LogP contribution in [0.2, 0.25) is 0 Å². The number of hydrogen-bond acceptors (Lipinski definition) is 5. The third-order valence-electron chi connectivity index (χ3n) is 4.08. The van der Waals surface area contributed by atoms with Crippen molar-refractivity contribution < 1.29 is 9.59 Å². The number of allylic oxidation sites excluding steroid dienone is 2. The van der Waals surface area contributed by atoms with Gasteiger partial charge in [-0.05, 0) is 13.8 Å². The molecule has 3 heterocycles. The van der Waals surface area contributed by atoms with Crippen molar-refractivity contribution in [2.45, 2.75) is 26.1 Å². The van der Waals surface area contributed by atoms with E-state index in [4.69, 9.17) is 0 Å². The molecule has 3 aliphatic rings. The molecule has 20 heavy (non-hydrogen) atoms. The lowest BCUT2D eigenvalue weighted by Gasteiger charge is -2.35. The second kappa shape index (κ2) is 4.09. The highest BCUT2D eigenvalue weighted by Gasteiger charge is 2.52. The number of nitrogens with zero attached hydrogens (tertiary/aromatic N) is 4. The highest BCUT2D eigenvalue weighted by Crippen LogP contribution is 2.35. The molecule has 1 saturated heterocycles. The minimum absolute atomic E-state index is 0.301. The second-order valence-electron chi connectivity index (χ2n) is 5.13. The molecule has 0 spiro atoms. The van der Waals surface area contributed by atoms with Crippen molar-refractivity contribution in [3.63, 3.8) is 0 Å². The Morgan fingerprint density at radius 2 is 2.05 bits per heavy atom. The van der Waals surface area contributed by atoms with Gasteiger partial charge in [0.15, 0.2) is 12.2 Å². The van der Waals surface area contributed by atoms with Gasteiger partial charge in [-0.15, -0.1) is 6.58 Å². The number of likely N-dealkylation sites (N-methyl/N-ethyl adjacent to an activating group) is 1. The second-order valence-corrected chi connectivity index (χ2v) is 5.13. The summed E-state index contributed by atoms with van der Waals surface area (Å²) in [5.41, 5.74) is 2.03. The molecular weight excluding hydrogens is 258 g/mol. The van der Waals surface area contributed by atoms with Gasteiger partial charge in [0.25, 0.3) is 5.91 Å². The molecule has 0 saturated carbocycles. The largest absolute Gasteiger partial charge is 0.325 e. The lowest BCUT2D eigenvalue weighted by atomic mass is 10.1. The van der Waals surface area contributed by atoms with E-state index in [0.29, 0.717) is 12.5 Å². The van der Waals surface area contributed by atoms with E-state index < -0.39 is 18.2 Å². The molecule has 106 valence electrons. The molecule has 7 heteroatoms. The number of amides is 3. The van der Waals surface area contributed by atoms with Crippen LogP contribution >= 0.6 is 0 Å². The number of rotatable bonds is 2. The van der Waals surface area contributed by atoms with Crippen molar-refractivity contribution in [2.75, 3.05) is 13.6 Å². The van der Waals surface area contributed by atoms with Gasteiger partial charge in [-0.25, -0.2) is 9.79 Å². The Hall–Kier alpha value is -2.31. The van der Waals surface area contributed by atoms with Crippen LogP contribution in [-0.4, -0.2) is 58.4 Å². The van der Waals surface area contributed by atoms with Gasteiger partial charge in [-0.2, -0.15) is 0 Å². The average molecular weight is 275 g/mol. The van der Waals surface area contributed by atoms with E-state index in [0.717, 1.165) is 11.4 Å². The molecule has 1 N–H and O–H groups in total. The highest BCUT2D eigenvalue weighted by atomic mass is 16.2. The van der Waals surface area contributed by atoms with Crippen molar-refractivity contribution in [2.24, 2.45) is 4.99 Å². The Morgan fingerprint density at radius 3 is 2.70 bits per heavy atom. The Kier molecular flexibility index (Phi) is 2.60. The fourth-order valence-corrected chi connectivity index (χ4v) is 2.87. The molecule has 0 aromatic rings. The molecule has 0 aliphatic carbocycles. The molecule has 2 atom stereocenters. The summed E-state index contributed by atoms with van der Waals surface area (Å²) in [5, 5.41) is 2.37. The predicted molar refractivity (Wildman–Crippen MR) is 73.4 cm³/mol. The van der Waals surface area contributed by atoms with Crippen LogP contribution < -0.4 is 5.32 Å². The molecule has 0 aromatic heterocycles. The Bertz CT molecular complexity index is 579. The van der Waals surface area contributed by atoms with Gasteiger partial charge in [0.05, 0.1) is 0 Å².